The summed E-state index contributed by atoms with van der Waals surface area (Å²) in [7, 11) is 1.86. The number of halogens is 3. The Morgan fingerprint density at radius 2 is 2.00 bits per heavy atom. The van der Waals surface area contributed by atoms with Crippen molar-refractivity contribution in [3.63, 3.8) is 0 Å². The van der Waals surface area contributed by atoms with Crippen molar-refractivity contribution in [2.75, 3.05) is 36.9 Å². The van der Waals surface area contributed by atoms with Crippen LogP contribution in [-0.4, -0.2) is 59.9 Å². The zero-order chi connectivity index (χ0) is 20.3. The summed E-state index contributed by atoms with van der Waals surface area (Å²) in [5, 5.41) is 2.67. The quantitative estimate of drug-likeness (QED) is 0.810. The maximum atomic E-state index is 12.2. The van der Waals surface area contributed by atoms with Crippen LogP contribution in [0.5, 0.6) is 5.75 Å². The van der Waals surface area contributed by atoms with Gasteiger partial charge in [0, 0.05) is 36.6 Å². The van der Waals surface area contributed by atoms with Crippen LogP contribution < -0.4 is 15.0 Å². The largest absolute Gasteiger partial charge is 0.573 e. The summed E-state index contributed by atoms with van der Waals surface area (Å²) in [5.74, 6) is 0.311. The molecule has 0 spiro atoms. The molecule has 0 atom stereocenters. The fourth-order valence-corrected chi connectivity index (χ4v) is 2.93. The number of aryl methyl sites for hydroxylation is 1. The molecule has 3 rings (SSSR count). The van der Waals surface area contributed by atoms with Gasteiger partial charge in [0.1, 0.15) is 17.9 Å². The number of anilines is 2. The lowest BCUT2D eigenvalue weighted by Gasteiger charge is -2.44. The molecule has 1 fully saturated rings. The lowest BCUT2D eigenvalue weighted by Crippen LogP contribution is -2.60. The van der Waals surface area contributed by atoms with E-state index in [2.05, 4.69) is 24.9 Å². The Morgan fingerprint density at radius 1 is 1.32 bits per heavy atom. The number of nitrogens with one attached hydrogen (secondary N) is 1. The minimum absolute atomic E-state index is 0.169. The van der Waals surface area contributed by atoms with Gasteiger partial charge in [-0.2, -0.15) is 0 Å². The van der Waals surface area contributed by atoms with Crippen molar-refractivity contribution in [2.24, 2.45) is 0 Å². The molecule has 10 heteroatoms. The van der Waals surface area contributed by atoms with Crippen LogP contribution in [0, 0.1) is 6.92 Å². The van der Waals surface area contributed by atoms with Gasteiger partial charge in [-0.25, -0.2) is 9.97 Å². The molecule has 1 aromatic heterocycles. The van der Waals surface area contributed by atoms with E-state index in [-0.39, 0.29) is 24.2 Å². The first kappa shape index (κ1) is 19.9. The predicted octanol–water partition coefficient (Wildman–Crippen LogP) is 2.44. The molecule has 7 nitrogen and oxygen atoms in total. The Balaban J connectivity index is 1.46. The third-order valence-electron chi connectivity index (χ3n) is 4.42. The number of hydrogen-bond donors (Lipinski definition) is 1. The average Bonchev–Trinajstić information content (AvgIpc) is 2.55. The van der Waals surface area contributed by atoms with E-state index in [0.717, 1.165) is 36.6 Å². The number of alkyl halides is 3. The van der Waals surface area contributed by atoms with Gasteiger partial charge in [-0.05, 0) is 38.2 Å². The number of amides is 1. The molecule has 1 amide bonds. The number of rotatable bonds is 6. The highest BCUT2D eigenvalue weighted by molar-refractivity contribution is 5.92. The van der Waals surface area contributed by atoms with E-state index < -0.39 is 6.36 Å². The van der Waals surface area contributed by atoms with E-state index in [1.807, 2.05) is 18.9 Å². The summed E-state index contributed by atoms with van der Waals surface area (Å²) in [6.07, 6.45) is -1.47. The Hall–Kier alpha value is -2.88. The molecule has 1 aliphatic rings. The van der Waals surface area contributed by atoms with Crippen molar-refractivity contribution in [3.8, 4) is 5.75 Å². The minimum atomic E-state index is -4.74. The van der Waals surface area contributed by atoms with Crippen LogP contribution in [0.2, 0.25) is 0 Å². The first-order chi connectivity index (χ1) is 13.2. The lowest BCUT2D eigenvalue weighted by molar-refractivity contribution is -0.274. The van der Waals surface area contributed by atoms with Crippen molar-refractivity contribution in [1.82, 2.24) is 14.9 Å². The Labute approximate surface area is 160 Å². The molecule has 2 heterocycles. The highest BCUT2D eigenvalue weighted by atomic mass is 19.4. The van der Waals surface area contributed by atoms with Crippen LogP contribution in [0.25, 0.3) is 0 Å². The maximum Gasteiger partial charge on any atom is 0.573 e. The molecule has 0 bridgehead atoms. The molecule has 150 valence electrons. The first-order valence-electron chi connectivity index (χ1n) is 8.59. The van der Waals surface area contributed by atoms with Gasteiger partial charge in [0.15, 0.2) is 0 Å². The maximum absolute atomic E-state index is 12.2. The summed E-state index contributed by atoms with van der Waals surface area (Å²) in [6.45, 7) is 3.63. The van der Waals surface area contributed by atoms with Crippen LogP contribution in [0.15, 0.2) is 36.8 Å². The Kier molecular flexibility index (Phi) is 5.68. The molecule has 1 aliphatic heterocycles. The molecular formula is C18H20F3N5O2. The van der Waals surface area contributed by atoms with E-state index in [1.54, 1.807) is 6.20 Å². The van der Waals surface area contributed by atoms with Gasteiger partial charge in [0.25, 0.3) is 0 Å². The minimum Gasteiger partial charge on any atom is -0.406 e. The summed E-state index contributed by atoms with van der Waals surface area (Å²) in [4.78, 5) is 24.5. The third-order valence-corrected chi connectivity index (χ3v) is 4.42. The SMILES string of the molecule is Cc1cncnc1N1CC(N(C)CC(=O)Nc2ccc(OC(F)(F)F)cc2)C1. The number of aromatic nitrogens is 2. The van der Waals surface area contributed by atoms with Crippen molar-refractivity contribution >= 4 is 17.4 Å². The van der Waals surface area contributed by atoms with Gasteiger partial charge < -0.3 is 15.0 Å². The number of carbonyl (C=O) groups is 1. The molecule has 2 aromatic rings. The van der Waals surface area contributed by atoms with E-state index in [1.165, 1.54) is 18.5 Å². The van der Waals surface area contributed by atoms with Gasteiger partial charge in [0.05, 0.1) is 6.54 Å². The Bertz CT molecular complexity index is 823. The third kappa shape index (κ3) is 5.10. The molecule has 0 unspecified atom stereocenters. The summed E-state index contributed by atoms with van der Waals surface area (Å²) in [5.41, 5.74) is 1.40. The number of likely N-dealkylation sites (N-methyl/N-ethyl adjacent to an activating group) is 1. The van der Waals surface area contributed by atoms with Crippen molar-refractivity contribution in [2.45, 2.75) is 19.3 Å². The number of hydrogen-bond acceptors (Lipinski definition) is 6. The number of carbonyl (C=O) groups excluding carboxylic acids is 1. The molecule has 0 aliphatic carbocycles. The number of benzene rings is 1. The molecule has 0 saturated carbocycles. The van der Waals surface area contributed by atoms with Crippen molar-refractivity contribution in [1.29, 1.82) is 0 Å². The van der Waals surface area contributed by atoms with Gasteiger partial charge in [-0.15, -0.1) is 13.2 Å². The van der Waals surface area contributed by atoms with Gasteiger partial charge >= 0.3 is 6.36 Å². The summed E-state index contributed by atoms with van der Waals surface area (Å²) < 4.78 is 40.3. The molecule has 1 N–H and O–H groups in total. The zero-order valence-electron chi connectivity index (χ0n) is 15.4. The van der Waals surface area contributed by atoms with Crippen LogP contribution in [0.1, 0.15) is 5.56 Å². The van der Waals surface area contributed by atoms with Crippen LogP contribution >= 0.6 is 0 Å². The van der Waals surface area contributed by atoms with Crippen molar-refractivity contribution in [3.05, 3.63) is 42.4 Å². The zero-order valence-corrected chi connectivity index (χ0v) is 15.4. The monoisotopic (exact) mass is 395 g/mol. The van der Waals surface area contributed by atoms with Crippen LogP contribution in [0.4, 0.5) is 24.7 Å². The molecule has 1 saturated heterocycles. The second-order valence-electron chi connectivity index (χ2n) is 6.62. The highest BCUT2D eigenvalue weighted by Gasteiger charge is 2.32. The van der Waals surface area contributed by atoms with Gasteiger partial charge in [-0.3, -0.25) is 9.69 Å². The lowest BCUT2D eigenvalue weighted by atomic mass is 10.1. The van der Waals surface area contributed by atoms with Crippen LogP contribution in [0.3, 0.4) is 0 Å². The second-order valence-corrected chi connectivity index (χ2v) is 6.62. The molecule has 0 radical (unpaired) electrons. The molecule has 28 heavy (non-hydrogen) atoms. The Morgan fingerprint density at radius 3 is 2.61 bits per heavy atom. The normalized spacial score (nSPS) is 14.7. The van der Waals surface area contributed by atoms with Crippen LogP contribution in [-0.2, 0) is 4.79 Å². The predicted molar refractivity (Wildman–Crippen MR) is 97.2 cm³/mol. The van der Waals surface area contributed by atoms with E-state index in [9.17, 15) is 18.0 Å². The molecular weight excluding hydrogens is 375 g/mol. The van der Waals surface area contributed by atoms with Crippen molar-refractivity contribution < 1.29 is 22.7 Å². The second kappa shape index (κ2) is 8.01. The number of nitrogens with zero attached hydrogens (tertiary/aromatic N) is 4. The van der Waals surface area contributed by atoms with Gasteiger partial charge in [-0.1, -0.05) is 0 Å². The molecule has 1 aromatic carbocycles. The smallest absolute Gasteiger partial charge is 0.406 e. The van der Waals surface area contributed by atoms with E-state index >= 15 is 0 Å². The average molecular weight is 395 g/mol. The van der Waals surface area contributed by atoms with E-state index in [4.69, 9.17) is 0 Å². The standard InChI is InChI=1S/C18H20F3N5O2/c1-12-7-22-11-23-17(12)26-8-14(9-26)25(2)10-16(27)24-13-3-5-15(6-4-13)28-18(19,20)21/h3-7,11,14H,8-10H2,1-2H3,(H,24,27). The topological polar surface area (TPSA) is 70.6 Å². The summed E-state index contributed by atoms with van der Waals surface area (Å²) in [6, 6.07) is 5.24. The highest BCUT2D eigenvalue weighted by Crippen LogP contribution is 2.25. The first-order valence-corrected chi connectivity index (χ1v) is 8.59. The van der Waals surface area contributed by atoms with Gasteiger partial charge in [0.2, 0.25) is 5.91 Å². The fraction of sp³-hybridized carbons (Fsp3) is 0.389. The van der Waals surface area contributed by atoms with E-state index in [0.29, 0.717) is 5.69 Å². The summed E-state index contributed by atoms with van der Waals surface area (Å²) >= 11 is 0. The fourth-order valence-electron chi connectivity index (χ4n) is 2.93. The number of ether oxygens (including phenoxy) is 1.